The molecule has 2 saturated carbocycles. The summed E-state index contributed by atoms with van der Waals surface area (Å²) in [6.45, 7) is 4.27. The van der Waals surface area contributed by atoms with E-state index < -0.39 is 11.6 Å². The molecule has 0 spiro atoms. The molecule has 2 fully saturated rings. The van der Waals surface area contributed by atoms with Crippen LogP contribution in [0.15, 0.2) is 36.4 Å². The van der Waals surface area contributed by atoms with Gasteiger partial charge in [-0.1, -0.05) is 44.1 Å². The topological polar surface area (TPSA) is 0 Å². The summed E-state index contributed by atoms with van der Waals surface area (Å²) < 4.78 is 29.5. The number of aryl methyl sites for hydroxylation is 1. The minimum atomic E-state index is -0.669. The van der Waals surface area contributed by atoms with Crippen molar-refractivity contribution in [2.24, 2.45) is 17.8 Å². The van der Waals surface area contributed by atoms with Crippen molar-refractivity contribution in [1.82, 2.24) is 0 Å². The lowest BCUT2D eigenvalue weighted by molar-refractivity contribution is 0.116. The van der Waals surface area contributed by atoms with E-state index in [-0.39, 0.29) is 0 Å². The lowest BCUT2D eigenvalue weighted by Crippen LogP contribution is -2.30. The first kappa shape index (κ1) is 20.6. The monoisotopic (exact) mass is 396 g/mol. The van der Waals surface area contributed by atoms with Gasteiger partial charge in [0.15, 0.2) is 11.6 Å². The zero-order valence-electron chi connectivity index (χ0n) is 17.9. The fraction of sp³-hybridized carbons (Fsp3) is 0.556. The zero-order valence-corrected chi connectivity index (χ0v) is 17.9. The van der Waals surface area contributed by atoms with Gasteiger partial charge in [0.25, 0.3) is 0 Å². The SMILES string of the molecule is CC=CCCc1cc2ccc(C3CCC4CC(CC)CCC4C3)cc2c(F)c1F. The summed E-state index contributed by atoms with van der Waals surface area (Å²) in [4.78, 5) is 0. The molecule has 0 aromatic heterocycles. The number of hydrogen-bond acceptors (Lipinski definition) is 0. The van der Waals surface area contributed by atoms with Crippen molar-refractivity contribution in [1.29, 1.82) is 0 Å². The lowest BCUT2D eigenvalue weighted by atomic mass is 9.63. The molecule has 0 saturated heterocycles. The maximum atomic E-state index is 14.9. The van der Waals surface area contributed by atoms with Gasteiger partial charge in [0, 0.05) is 5.39 Å². The maximum absolute atomic E-state index is 14.9. The first-order valence-electron chi connectivity index (χ1n) is 11.6. The Balaban J connectivity index is 1.55. The number of benzene rings is 2. The van der Waals surface area contributed by atoms with Crippen LogP contribution in [-0.4, -0.2) is 0 Å². The Kier molecular flexibility index (Phi) is 6.37. The lowest BCUT2D eigenvalue weighted by Gasteiger charge is -2.42. The van der Waals surface area contributed by atoms with E-state index in [2.05, 4.69) is 13.0 Å². The molecule has 0 nitrogen and oxygen atoms in total. The minimum Gasteiger partial charge on any atom is -0.203 e. The minimum absolute atomic E-state index is 0.451. The normalized spacial score (nSPS) is 27.4. The van der Waals surface area contributed by atoms with Crippen molar-refractivity contribution in [2.45, 2.75) is 77.6 Å². The predicted molar refractivity (Wildman–Crippen MR) is 118 cm³/mol. The molecule has 2 aromatic carbocycles. The van der Waals surface area contributed by atoms with Crippen LogP contribution in [0.2, 0.25) is 0 Å². The highest BCUT2D eigenvalue weighted by Crippen LogP contribution is 2.48. The average molecular weight is 397 g/mol. The van der Waals surface area contributed by atoms with Crippen LogP contribution in [0, 0.1) is 29.4 Å². The predicted octanol–water partition coefficient (Wildman–Crippen LogP) is 8.34. The highest BCUT2D eigenvalue weighted by molar-refractivity contribution is 5.85. The van der Waals surface area contributed by atoms with Gasteiger partial charge in [-0.05, 0) is 104 Å². The summed E-state index contributed by atoms with van der Waals surface area (Å²) in [6, 6.07) is 7.95. The molecule has 2 aliphatic carbocycles. The van der Waals surface area contributed by atoms with Crippen LogP contribution in [0.3, 0.4) is 0 Å². The van der Waals surface area contributed by atoms with E-state index in [0.717, 1.165) is 29.6 Å². The summed E-state index contributed by atoms with van der Waals surface area (Å²) in [5.41, 5.74) is 1.68. The molecular weight excluding hydrogens is 362 g/mol. The third-order valence-corrected chi connectivity index (χ3v) is 7.70. The van der Waals surface area contributed by atoms with Crippen molar-refractivity contribution in [3.63, 3.8) is 0 Å². The third kappa shape index (κ3) is 4.27. The first-order chi connectivity index (χ1) is 14.1. The van der Waals surface area contributed by atoms with Crippen molar-refractivity contribution in [2.75, 3.05) is 0 Å². The van der Waals surface area contributed by atoms with Gasteiger partial charge in [-0.15, -0.1) is 0 Å². The van der Waals surface area contributed by atoms with Gasteiger partial charge < -0.3 is 0 Å². The highest BCUT2D eigenvalue weighted by atomic mass is 19.2. The molecule has 2 aromatic rings. The molecule has 4 unspecified atom stereocenters. The van der Waals surface area contributed by atoms with Gasteiger partial charge in [0.1, 0.15) is 0 Å². The van der Waals surface area contributed by atoms with Crippen molar-refractivity contribution >= 4 is 10.8 Å². The molecule has 0 radical (unpaired) electrons. The van der Waals surface area contributed by atoms with E-state index in [1.165, 1.54) is 50.5 Å². The van der Waals surface area contributed by atoms with Crippen LogP contribution in [0.25, 0.3) is 10.8 Å². The molecule has 156 valence electrons. The Hall–Kier alpha value is -1.70. The zero-order chi connectivity index (χ0) is 20.4. The van der Waals surface area contributed by atoms with Gasteiger partial charge >= 0.3 is 0 Å². The molecule has 0 bridgehead atoms. The number of allylic oxidation sites excluding steroid dienone is 2. The second kappa shape index (κ2) is 8.98. The number of fused-ring (bicyclic) bond motifs is 2. The molecule has 0 N–H and O–H groups in total. The molecular formula is C27H34F2. The fourth-order valence-electron chi connectivity index (χ4n) is 5.90. The molecule has 4 rings (SSSR count). The van der Waals surface area contributed by atoms with E-state index in [1.54, 1.807) is 0 Å². The summed E-state index contributed by atoms with van der Waals surface area (Å²) in [5, 5.41) is 1.27. The Morgan fingerprint density at radius 1 is 0.966 bits per heavy atom. The maximum Gasteiger partial charge on any atom is 0.166 e. The van der Waals surface area contributed by atoms with Crippen LogP contribution < -0.4 is 0 Å². The second-order valence-corrected chi connectivity index (χ2v) is 9.37. The van der Waals surface area contributed by atoms with Crippen LogP contribution in [0.1, 0.15) is 82.3 Å². The Bertz CT molecular complexity index is 882. The van der Waals surface area contributed by atoms with Crippen LogP contribution in [0.5, 0.6) is 0 Å². The van der Waals surface area contributed by atoms with E-state index in [0.29, 0.717) is 23.3 Å². The van der Waals surface area contributed by atoms with Gasteiger partial charge in [0.05, 0.1) is 0 Å². The molecule has 2 aliphatic rings. The summed E-state index contributed by atoms with van der Waals surface area (Å²) in [5.74, 6) is 1.79. The average Bonchev–Trinajstić information content (AvgIpc) is 2.76. The Morgan fingerprint density at radius 3 is 2.55 bits per heavy atom. The van der Waals surface area contributed by atoms with Crippen molar-refractivity contribution in [3.8, 4) is 0 Å². The van der Waals surface area contributed by atoms with Crippen LogP contribution in [0.4, 0.5) is 8.78 Å². The quantitative estimate of drug-likeness (QED) is 0.446. The van der Waals surface area contributed by atoms with E-state index in [9.17, 15) is 8.78 Å². The summed E-state index contributed by atoms with van der Waals surface area (Å²) >= 11 is 0. The molecule has 4 atom stereocenters. The summed E-state index contributed by atoms with van der Waals surface area (Å²) in [6.07, 6.45) is 14.4. The first-order valence-corrected chi connectivity index (χ1v) is 11.6. The number of halogens is 2. The van der Waals surface area contributed by atoms with Crippen LogP contribution in [-0.2, 0) is 6.42 Å². The van der Waals surface area contributed by atoms with E-state index in [4.69, 9.17) is 0 Å². The van der Waals surface area contributed by atoms with E-state index >= 15 is 0 Å². The number of hydrogen-bond donors (Lipinski definition) is 0. The third-order valence-electron chi connectivity index (χ3n) is 7.70. The fourth-order valence-corrected chi connectivity index (χ4v) is 5.90. The molecule has 0 heterocycles. The molecule has 0 aliphatic heterocycles. The van der Waals surface area contributed by atoms with Gasteiger partial charge in [-0.25, -0.2) is 8.78 Å². The van der Waals surface area contributed by atoms with Gasteiger partial charge in [-0.3, -0.25) is 0 Å². The standard InChI is InChI=1S/C27H34F2/c1-3-5-6-7-24-16-23-13-12-22(17-25(23)27(29)26(24)28)21-11-10-19-14-18(4-2)8-9-20(19)15-21/h3,5,12-13,16-21H,4,6-11,14-15H2,1-2H3. The molecule has 2 heteroatoms. The van der Waals surface area contributed by atoms with Gasteiger partial charge in [0.2, 0.25) is 0 Å². The van der Waals surface area contributed by atoms with Crippen LogP contribution >= 0.6 is 0 Å². The Labute approximate surface area is 174 Å². The second-order valence-electron chi connectivity index (χ2n) is 9.37. The van der Waals surface area contributed by atoms with E-state index in [1.807, 2.05) is 37.3 Å². The molecule has 0 amide bonds. The number of rotatable bonds is 5. The Morgan fingerprint density at radius 2 is 1.76 bits per heavy atom. The highest BCUT2D eigenvalue weighted by Gasteiger charge is 2.35. The van der Waals surface area contributed by atoms with Crippen molar-refractivity contribution in [3.05, 3.63) is 59.2 Å². The largest absolute Gasteiger partial charge is 0.203 e. The van der Waals surface area contributed by atoms with Gasteiger partial charge in [-0.2, -0.15) is 0 Å². The molecule has 29 heavy (non-hydrogen) atoms. The van der Waals surface area contributed by atoms with Crippen molar-refractivity contribution < 1.29 is 8.78 Å². The summed E-state index contributed by atoms with van der Waals surface area (Å²) in [7, 11) is 0. The smallest absolute Gasteiger partial charge is 0.166 e.